The van der Waals surface area contributed by atoms with Crippen molar-refractivity contribution in [3.63, 3.8) is 0 Å². The number of nitrogens with zero attached hydrogens (tertiary/aromatic N) is 1. The number of hydrogen-bond acceptors (Lipinski definition) is 5. The summed E-state index contributed by atoms with van der Waals surface area (Å²) in [5.41, 5.74) is 2.03. The van der Waals surface area contributed by atoms with Gasteiger partial charge in [-0.2, -0.15) is 11.8 Å². The van der Waals surface area contributed by atoms with E-state index in [0.717, 1.165) is 24.0 Å². The number of carbonyl (C=O) groups is 3. The number of halogens is 1. The summed E-state index contributed by atoms with van der Waals surface area (Å²) in [5, 5.41) is 6.18. The van der Waals surface area contributed by atoms with Gasteiger partial charge in [0.05, 0.1) is 10.7 Å². The Kier molecular flexibility index (Phi) is 13.7. The van der Waals surface area contributed by atoms with Crippen LogP contribution in [-0.2, 0) is 14.3 Å². The fourth-order valence-corrected chi connectivity index (χ4v) is 5.09. The van der Waals surface area contributed by atoms with Crippen LogP contribution in [0.4, 0.5) is 10.5 Å². The van der Waals surface area contributed by atoms with E-state index >= 15 is 0 Å². The number of benzene rings is 2. The molecule has 224 valence electrons. The fourth-order valence-electron chi connectivity index (χ4n) is 4.35. The molecule has 9 heteroatoms. The molecule has 7 nitrogen and oxygen atoms in total. The zero-order valence-electron chi connectivity index (χ0n) is 25.1. The summed E-state index contributed by atoms with van der Waals surface area (Å²) < 4.78 is 5.47. The standard InChI is InChI=1S/C32H44ClN3O4S/c1-8-10-11-19-36(30(38)26(18-20-41-7)34-31(39)40-32(4,5)6)28(24-16-13-15-23(9-2)21-24)29(37)35-27-22(3)14-12-17-25(27)33/h9,12-17,21,26,28H,2,8,10-11,18-20H2,1,3-7H3,(H,34,39)(H,35,37). The number of alkyl carbamates (subject to hydrolysis) is 1. The monoisotopic (exact) mass is 601 g/mol. The number of carbonyl (C=O) groups excluding carboxylic acids is 3. The van der Waals surface area contributed by atoms with Crippen LogP contribution >= 0.6 is 23.4 Å². The highest BCUT2D eigenvalue weighted by Crippen LogP contribution is 2.30. The fraction of sp³-hybridized carbons (Fsp3) is 0.469. The molecule has 2 rings (SSSR count). The zero-order valence-corrected chi connectivity index (χ0v) is 26.7. The second-order valence-corrected chi connectivity index (χ2v) is 12.3. The van der Waals surface area contributed by atoms with E-state index in [1.54, 1.807) is 49.6 Å². The van der Waals surface area contributed by atoms with Crippen LogP contribution in [0.25, 0.3) is 6.08 Å². The molecule has 0 heterocycles. The van der Waals surface area contributed by atoms with Crippen molar-refractivity contribution in [1.82, 2.24) is 10.2 Å². The van der Waals surface area contributed by atoms with Gasteiger partial charge in [0.25, 0.3) is 5.91 Å². The predicted molar refractivity (Wildman–Crippen MR) is 171 cm³/mol. The molecule has 2 N–H and O–H groups in total. The molecule has 0 spiro atoms. The molecule has 0 aromatic heterocycles. The maximum absolute atomic E-state index is 14.3. The lowest BCUT2D eigenvalue weighted by molar-refractivity contribution is -0.141. The van der Waals surface area contributed by atoms with E-state index in [0.29, 0.717) is 41.4 Å². The van der Waals surface area contributed by atoms with Crippen LogP contribution in [0.3, 0.4) is 0 Å². The van der Waals surface area contributed by atoms with Gasteiger partial charge in [0.15, 0.2) is 0 Å². The molecule has 0 aliphatic rings. The van der Waals surface area contributed by atoms with Gasteiger partial charge in [-0.25, -0.2) is 4.79 Å². The average molecular weight is 602 g/mol. The number of amides is 3. The summed E-state index contributed by atoms with van der Waals surface area (Å²) in [6.07, 6.45) is 5.86. The molecule has 3 amide bonds. The minimum atomic E-state index is -0.979. The van der Waals surface area contributed by atoms with Gasteiger partial charge in [-0.3, -0.25) is 9.59 Å². The smallest absolute Gasteiger partial charge is 0.408 e. The van der Waals surface area contributed by atoms with Crippen molar-refractivity contribution in [3.05, 3.63) is 70.8 Å². The number of unbranched alkanes of at least 4 members (excludes halogenated alkanes) is 2. The van der Waals surface area contributed by atoms with Gasteiger partial charge in [0, 0.05) is 6.54 Å². The van der Waals surface area contributed by atoms with Crippen LogP contribution in [0.5, 0.6) is 0 Å². The number of thioether (sulfide) groups is 1. The molecule has 0 aliphatic heterocycles. The third-order valence-electron chi connectivity index (χ3n) is 6.38. The Labute approximate surface area is 254 Å². The van der Waals surface area contributed by atoms with Crippen molar-refractivity contribution in [2.45, 2.75) is 78.0 Å². The first-order valence-electron chi connectivity index (χ1n) is 14.0. The molecule has 0 aliphatic carbocycles. The van der Waals surface area contributed by atoms with Crippen molar-refractivity contribution in [1.29, 1.82) is 0 Å². The summed E-state index contributed by atoms with van der Waals surface area (Å²) >= 11 is 8.04. The topological polar surface area (TPSA) is 87.7 Å². The lowest BCUT2D eigenvalue weighted by Crippen LogP contribution is -2.52. The van der Waals surface area contributed by atoms with Gasteiger partial charge >= 0.3 is 6.09 Å². The third kappa shape index (κ3) is 10.7. The Hall–Kier alpha value is -2.97. The van der Waals surface area contributed by atoms with Crippen molar-refractivity contribution >= 4 is 53.0 Å². The van der Waals surface area contributed by atoms with Gasteiger partial charge in [-0.05, 0) is 81.4 Å². The van der Waals surface area contributed by atoms with Gasteiger partial charge in [0.1, 0.15) is 17.7 Å². The van der Waals surface area contributed by atoms with E-state index in [1.165, 1.54) is 0 Å². The highest BCUT2D eigenvalue weighted by Gasteiger charge is 2.36. The molecule has 0 saturated heterocycles. The Morgan fingerprint density at radius 3 is 2.46 bits per heavy atom. The van der Waals surface area contributed by atoms with Crippen molar-refractivity contribution < 1.29 is 19.1 Å². The van der Waals surface area contributed by atoms with Crippen LogP contribution < -0.4 is 10.6 Å². The van der Waals surface area contributed by atoms with E-state index in [1.807, 2.05) is 49.6 Å². The molecule has 2 unspecified atom stereocenters. The summed E-state index contributed by atoms with van der Waals surface area (Å²) in [5.74, 6) is -0.106. The maximum atomic E-state index is 14.3. The largest absolute Gasteiger partial charge is 0.444 e. The lowest BCUT2D eigenvalue weighted by atomic mass is 9.99. The van der Waals surface area contributed by atoms with Gasteiger partial charge in [0.2, 0.25) is 5.91 Å². The first-order chi connectivity index (χ1) is 19.4. The van der Waals surface area contributed by atoms with Crippen molar-refractivity contribution in [3.8, 4) is 0 Å². The Morgan fingerprint density at radius 1 is 1.15 bits per heavy atom. The number of aryl methyl sites for hydroxylation is 1. The second-order valence-electron chi connectivity index (χ2n) is 10.9. The van der Waals surface area contributed by atoms with Crippen molar-refractivity contribution in [2.75, 3.05) is 23.9 Å². The van der Waals surface area contributed by atoms with E-state index in [2.05, 4.69) is 24.1 Å². The number of nitrogens with one attached hydrogen (secondary N) is 2. The van der Waals surface area contributed by atoms with Gasteiger partial charge in [-0.1, -0.05) is 74.4 Å². The van der Waals surface area contributed by atoms with Crippen molar-refractivity contribution in [2.24, 2.45) is 0 Å². The van der Waals surface area contributed by atoms with E-state index < -0.39 is 29.7 Å². The second kappa shape index (κ2) is 16.5. The van der Waals surface area contributed by atoms with E-state index in [9.17, 15) is 14.4 Å². The van der Waals surface area contributed by atoms with Crippen LogP contribution in [0.1, 0.15) is 76.1 Å². The van der Waals surface area contributed by atoms with Gasteiger partial charge < -0.3 is 20.3 Å². The molecule has 0 radical (unpaired) electrons. The molecule has 0 saturated carbocycles. The quantitative estimate of drug-likeness (QED) is 0.217. The molecule has 41 heavy (non-hydrogen) atoms. The summed E-state index contributed by atoms with van der Waals surface area (Å²) in [7, 11) is 0. The van der Waals surface area contributed by atoms with Crippen LogP contribution in [0.15, 0.2) is 49.0 Å². The Bertz CT molecular complexity index is 1180. The summed E-state index contributed by atoms with van der Waals surface area (Å²) in [4.78, 5) is 42.8. The summed E-state index contributed by atoms with van der Waals surface area (Å²) in [6, 6.07) is 10.9. The number of para-hydroxylation sites is 1. The van der Waals surface area contributed by atoms with Crippen LogP contribution in [0.2, 0.25) is 5.02 Å². The van der Waals surface area contributed by atoms with Gasteiger partial charge in [-0.15, -0.1) is 0 Å². The van der Waals surface area contributed by atoms with E-state index in [-0.39, 0.29) is 5.91 Å². The predicted octanol–water partition coefficient (Wildman–Crippen LogP) is 7.64. The third-order valence-corrected chi connectivity index (χ3v) is 7.34. The SMILES string of the molecule is C=Cc1cccc(C(C(=O)Nc2c(C)cccc2Cl)N(CCCCC)C(=O)C(CCSC)NC(=O)OC(C)(C)C)c1. The molecular formula is C32H44ClN3O4S. The number of anilines is 1. The Morgan fingerprint density at radius 2 is 1.85 bits per heavy atom. The highest BCUT2D eigenvalue weighted by molar-refractivity contribution is 7.98. The molecule has 2 aromatic carbocycles. The molecule has 2 aromatic rings. The maximum Gasteiger partial charge on any atom is 0.408 e. The lowest BCUT2D eigenvalue weighted by Gasteiger charge is -2.35. The first-order valence-corrected chi connectivity index (χ1v) is 15.8. The number of ether oxygens (including phenoxy) is 1. The Balaban J connectivity index is 2.60. The minimum absolute atomic E-state index is 0.330. The number of hydrogen-bond donors (Lipinski definition) is 2. The zero-order chi connectivity index (χ0) is 30.6. The molecule has 0 fully saturated rings. The number of rotatable bonds is 14. The van der Waals surface area contributed by atoms with Crippen LogP contribution in [-0.4, -0.2) is 53.0 Å². The molecule has 0 bridgehead atoms. The first kappa shape index (κ1) is 34.2. The average Bonchev–Trinajstić information content (AvgIpc) is 2.91. The summed E-state index contributed by atoms with van der Waals surface area (Å²) in [6.45, 7) is 13.5. The molecular weight excluding hydrogens is 558 g/mol. The van der Waals surface area contributed by atoms with Crippen LogP contribution in [0, 0.1) is 6.92 Å². The van der Waals surface area contributed by atoms with E-state index in [4.69, 9.17) is 16.3 Å². The normalized spacial score (nSPS) is 12.7. The minimum Gasteiger partial charge on any atom is -0.444 e. The molecule has 2 atom stereocenters. The highest BCUT2D eigenvalue weighted by atomic mass is 35.5.